The number of benzene rings is 2. The van der Waals surface area contributed by atoms with Crippen LogP contribution in [0.2, 0.25) is 5.02 Å². The average molecular weight is 466 g/mol. The summed E-state index contributed by atoms with van der Waals surface area (Å²) in [7, 11) is -1.61. The highest BCUT2D eigenvalue weighted by atomic mass is 35.5. The number of rotatable bonds is 9. The summed E-state index contributed by atoms with van der Waals surface area (Å²) in [6, 6.07) is 13.1. The Morgan fingerprint density at radius 3 is 2.35 bits per heavy atom. The van der Waals surface area contributed by atoms with Crippen LogP contribution in [0.4, 0.5) is 5.69 Å². The molecule has 1 saturated heterocycles. The first kappa shape index (κ1) is 23.5. The summed E-state index contributed by atoms with van der Waals surface area (Å²) in [5.41, 5.74) is 0.558. The molecule has 31 heavy (non-hydrogen) atoms. The second kappa shape index (κ2) is 10.5. The first-order valence-electron chi connectivity index (χ1n) is 10.3. The molecule has 1 heterocycles. The van der Waals surface area contributed by atoms with E-state index in [1.807, 2.05) is 18.9 Å². The van der Waals surface area contributed by atoms with Gasteiger partial charge in [0, 0.05) is 30.3 Å². The number of hydrogen-bond acceptors (Lipinski definition) is 5. The molecule has 0 aromatic heterocycles. The summed E-state index contributed by atoms with van der Waals surface area (Å²) >= 11 is 5.86. The normalized spacial score (nSPS) is 15.7. The lowest BCUT2D eigenvalue weighted by Crippen LogP contribution is -2.41. The molecule has 3 rings (SSSR count). The van der Waals surface area contributed by atoms with Crippen LogP contribution in [0.1, 0.15) is 19.8 Å². The minimum atomic E-state index is -3.46. The van der Waals surface area contributed by atoms with Crippen LogP contribution in [-0.2, 0) is 14.8 Å². The molecule has 2 aromatic rings. The Balaban J connectivity index is 1.49. The van der Waals surface area contributed by atoms with Gasteiger partial charge in [0.15, 0.2) is 0 Å². The molecule has 168 valence electrons. The minimum Gasteiger partial charge on any atom is -0.492 e. The smallest absolute Gasteiger partial charge is 0.243 e. The summed E-state index contributed by atoms with van der Waals surface area (Å²) in [5, 5.41) is 3.49. The number of carbonyl (C=O) groups excluding carboxylic acids is 1. The van der Waals surface area contributed by atoms with Gasteiger partial charge in [0.1, 0.15) is 12.4 Å². The SMILES string of the molecule is CC(C(=O)Nc1ccc(S(=O)(=O)N2CCCC2)cc1)N(C)CCOc1ccc(Cl)cc1. The number of likely N-dealkylation sites (N-methyl/N-ethyl adjacent to an activating group) is 1. The third kappa shape index (κ3) is 6.20. The Kier molecular flexibility index (Phi) is 7.94. The second-order valence-electron chi connectivity index (χ2n) is 7.58. The standard InChI is InChI=1S/C22H28ClN3O4S/c1-17(25(2)15-16-30-20-9-5-18(23)6-10-20)22(27)24-19-7-11-21(12-8-19)31(28,29)26-13-3-4-14-26/h5-12,17H,3-4,13-16H2,1-2H3,(H,24,27). The molecule has 0 spiro atoms. The Morgan fingerprint density at radius 2 is 1.74 bits per heavy atom. The van der Waals surface area contributed by atoms with E-state index in [1.165, 1.54) is 16.4 Å². The van der Waals surface area contributed by atoms with Crippen LogP contribution in [-0.4, -0.2) is 62.9 Å². The van der Waals surface area contributed by atoms with Gasteiger partial charge < -0.3 is 10.1 Å². The molecule has 1 atom stereocenters. The molecule has 0 bridgehead atoms. The van der Waals surface area contributed by atoms with E-state index < -0.39 is 10.0 Å². The van der Waals surface area contributed by atoms with Crippen molar-refractivity contribution in [3.05, 3.63) is 53.6 Å². The maximum atomic E-state index is 12.6. The maximum Gasteiger partial charge on any atom is 0.243 e. The average Bonchev–Trinajstić information content (AvgIpc) is 3.31. The monoisotopic (exact) mass is 465 g/mol. The van der Waals surface area contributed by atoms with E-state index in [2.05, 4.69) is 5.32 Å². The van der Waals surface area contributed by atoms with Crippen molar-refractivity contribution in [2.24, 2.45) is 0 Å². The summed E-state index contributed by atoms with van der Waals surface area (Å²) in [4.78, 5) is 14.7. The minimum absolute atomic E-state index is 0.177. The van der Waals surface area contributed by atoms with E-state index in [1.54, 1.807) is 36.4 Å². The number of ether oxygens (including phenoxy) is 1. The van der Waals surface area contributed by atoms with Gasteiger partial charge in [0.25, 0.3) is 0 Å². The van der Waals surface area contributed by atoms with E-state index in [4.69, 9.17) is 16.3 Å². The van der Waals surface area contributed by atoms with Crippen molar-refractivity contribution in [3.8, 4) is 5.75 Å². The third-order valence-electron chi connectivity index (χ3n) is 5.39. The van der Waals surface area contributed by atoms with Crippen LogP contribution in [0.25, 0.3) is 0 Å². The molecule has 0 radical (unpaired) electrons. The number of nitrogens with zero attached hydrogens (tertiary/aromatic N) is 2. The van der Waals surface area contributed by atoms with Gasteiger partial charge in [0.05, 0.1) is 10.9 Å². The molecule has 0 saturated carbocycles. The summed E-state index contributed by atoms with van der Waals surface area (Å²) in [6.45, 7) is 3.92. The van der Waals surface area contributed by atoms with Gasteiger partial charge in [-0.1, -0.05) is 11.6 Å². The van der Waals surface area contributed by atoms with Gasteiger partial charge in [-0.15, -0.1) is 0 Å². The van der Waals surface area contributed by atoms with Crippen molar-refractivity contribution in [1.82, 2.24) is 9.21 Å². The van der Waals surface area contributed by atoms with Crippen molar-refractivity contribution in [3.63, 3.8) is 0 Å². The van der Waals surface area contributed by atoms with E-state index in [0.29, 0.717) is 37.0 Å². The van der Waals surface area contributed by atoms with Crippen molar-refractivity contribution >= 4 is 33.2 Å². The number of sulfonamides is 1. The molecular formula is C22H28ClN3O4S. The van der Waals surface area contributed by atoms with Crippen LogP contribution < -0.4 is 10.1 Å². The highest BCUT2D eigenvalue weighted by Crippen LogP contribution is 2.22. The molecule has 1 N–H and O–H groups in total. The summed E-state index contributed by atoms with van der Waals surface area (Å²) in [5.74, 6) is 0.544. The zero-order chi connectivity index (χ0) is 22.4. The van der Waals surface area contributed by atoms with Crippen molar-refractivity contribution < 1.29 is 17.9 Å². The van der Waals surface area contributed by atoms with E-state index >= 15 is 0 Å². The van der Waals surface area contributed by atoms with Gasteiger partial charge in [-0.2, -0.15) is 4.31 Å². The number of anilines is 1. The lowest BCUT2D eigenvalue weighted by atomic mass is 10.2. The largest absolute Gasteiger partial charge is 0.492 e. The molecule has 2 aromatic carbocycles. The first-order valence-corrected chi connectivity index (χ1v) is 12.1. The highest BCUT2D eigenvalue weighted by Gasteiger charge is 2.27. The Bertz CT molecular complexity index is 975. The molecule has 1 amide bonds. The van der Waals surface area contributed by atoms with Crippen LogP contribution in [0.5, 0.6) is 5.75 Å². The molecule has 7 nitrogen and oxygen atoms in total. The van der Waals surface area contributed by atoms with Crippen molar-refractivity contribution in [2.75, 3.05) is 38.6 Å². The molecular weight excluding hydrogens is 438 g/mol. The van der Waals surface area contributed by atoms with Crippen molar-refractivity contribution in [1.29, 1.82) is 0 Å². The zero-order valence-electron chi connectivity index (χ0n) is 17.8. The fourth-order valence-corrected chi connectivity index (χ4v) is 4.91. The van der Waals surface area contributed by atoms with E-state index in [9.17, 15) is 13.2 Å². The van der Waals surface area contributed by atoms with Crippen LogP contribution in [0.3, 0.4) is 0 Å². The van der Waals surface area contributed by atoms with Gasteiger partial charge in [-0.3, -0.25) is 9.69 Å². The maximum absolute atomic E-state index is 12.6. The summed E-state index contributed by atoms with van der Waals surface area (Å²) in [6.07, 6.45) is 1.78. The molecule has 9 heteroatoms. The number of carbonyl (C=O) groups is 1. The Labute approximate surface area is 189 Å². The third-order valence-corrected chi connectivity index (χ3v) is 7.56. The second-order valence-corrected chi connectivity index (χ2v) is 9.96. The fraction of sp³-hybridized carbons (Fsp3) is 0.409. The number of amides is 1. The lowest BCUT2D eigenvalue weighted by molar-refractivity contribution is -0.120. The van der Waals surface area contributed by atoms with Gasteiger partial charge in [-0.05, 0) is 75.3 Å². The van der Waals surface area contributed by atoms with Gasteiger partial charge >= 0.3 is 0 Å². The van der Waals surface area contributed by atoms with E-state index in [-0.39, 0.29) is 16.8 Å². The molecule has 1 fully saturated rings. The molecule has 1 unspecified atom stereocenters. The Hall–Kier alpha value is -2.13. The predicted octanol–water partition coefficient (Wildman–Crippen LogP) is 3.46. The molecule has 0 aliphatic carbocycles. The first-order chi connectivity index (χ1) is 14.8. The van der Waals surface area contributed by atoms with Gasteiger partial charge in [0.2, 0.25) is 15.9 Å². The lowest BCUT2D eigenvalue weighted by Gasteiger charge is -2.24. The zero-order valence-corrected chi connectivity index (χ0v) is 19.3. The van der Waals surface area contributed by atoms with Crippen LogP contribution in [0, 0.1) is 0 Å². The fourth-order valence-electron chi connectivity index (χ4n) is 3.27. The number of hydrogen-bond donors (Lipinski definition) is 1. The van der Waals surface area contributed by atoms with Crippen LogP contribution >= 0.6 is 11.6 Å². The number of halogens is 1. The van der Waals surface area contributed by atoms with E-state index in [0.717, 1.165) is 18.6 Å². The van der Waals surface area contributed by atoms with Gasteiger partial charge in [-0.25, -0.2) is 8.42 Å². The molecule has 1 aliphatic rings. The predicted molar refractivity (Wildman–Crippen MR) is 122 cm³/mol. The quantitative estimate of drug-likeness (QED) is 0.613. The molecule has 1 aliphatic heterocycles. The summed E-state index contributed by atoms with van der Waals surface area (Å²) < 4.78 is 32.4. The topological polar surface area (TPSA) is 79.0 Å². The highest BCUT2D eigenvalue weighted by molar-refractivity contribution is 7.89. The van der Waals surface area contributed by atoms with Crippen LogP contribution in [0.15, 0.2) is 53.4 Å². The number of nitrogens with one attached hydrogen (secondary N) is 1. The Morgan fingerprint density at radius 1 is 1.13 bits per heavy atom. The van der Waals surface area contributed by atoms with Crippen molar-refractivity contribution in [2.45, 2.75) is 30.7 Å².